The highest BCUT2D eigenvalue weighted by atomic mass is 31.2. The van der Waals surface area contributed by atoms with Gasteiger partial charge in [0, 0.05) is 24.1 Å². The number of imidazole rings is 1. The van der Waals surface area contributed by atoms with Crippen molar-refractivity contribution in [1.29, 1.82) is 5.26 Å². The van der Waals surface area contributed by atoms with E-state index in [0.29, 0.717) is 41.8 Å². The molecule has 0 saturated heterocycles. The van der Waals surface area contributed by atoms with Crippen LogP contribution in [0.2, 0.25) is 0 Å². The van der Waals surface area contributed by atoms with Crippen LogP contribution in [0.1, 0.15) is 69.8 Å². The number of hydrogen-bond acceptors (Lipinski definition) is 9. The third kappa shape index (κ3) is 6.96. The van der Waals surface area contributed by atoms with Gasteiger partial charge in [-0.1, -0.05) is 18.2 Å². The van der Waals surface area contributed by atoms with E-state index < -0.39 is 14.6 Å². The summed E-state index contributed by atoms with van der Waals surface area (Å²) in [5.41, 5.74) is 1.57. The van der Waals surface area contributed by atoms with E-state index in [2.05, 4.69) is 58.7 Å². The summed E-state index contributed by atoms with van der Waals surface area (Å²) in [4.78, 5) is 26.1. The Balaban J connectivity index is 1.62. The Kier molecular flexibility index (Phi) is 9.94. The molecule has 3 aromatic rings. The smallest absolute Gasteiger partial charge is 0.259 e. The molecule has 2 N–H and O–H groups in total. The van der Waals surface area contributed by atoms with Crippen LogP contribution in [-0.2, 0) is 9.05 Å². The summed E-state index contributed by atoms with van der Waals surface area (Å²) in [6, 6.07) is 11.2. The van der Waals surface area contributed by atoms with Crippen molar-refractivity contribution in [2.45, 2.75) is 83.7 Å². The van der Waals surface area contributed by atoms with Crippen LogP contribution in [-0.4, -0.2) is 66.1 Å². The second-order valence-electron chi connectivity index (χ2n) is 10.1. The van der Waals surface area contributed by atoms with E-state index in [1.807, 2.05) is 10.6 Å². The number of rotatable bonds is 11. The van der Waals surface area contributed by atoms with Crippen LogP contribution in [0, 0.1) is 11.3 Å². The van der Waals surface area contributed by atoms with Crippen molar-refractivity contribution in [3.05, 3.63) is 48.5 Å². The van der Waals surface area contributed by atoms with Crippen molar-refractivity contribution >= 4 is 31.4 Å². The first kappa shape index (κ1) is 29.0. The maximum atomic E-state index is 12.8. The molecule has 1 amide bonds. The number of fused-ring (bicyclic) bond motifs is 1. The van der Waals surface area contributed by atoms with Crippen molar-refractivity contribution in [2.24, 2.45) is 0 Å². The number of nitrogens with one attached hydrogen (secondary N) is 1. The average Bonchev–Trinajstić information content (AvgIpc) is 3.34. The maximum Gasteiger partial charge on any atom is 0.259 e. The van der Waals surface area contributed by atoms with E-state index in [4.69, 9.17) is 14.3 Å². The summed E-state index contributed by atoms with van der Waals surface area (Å²) in [5, 5.41) is 22.5. The fourth-order valence-corrected chi connectivity index (χ4v) is 6.65. The van der Waals surface area contributed by atoms with Gasteiger partial charge in [-0.15, -0.1) is 0 Å². The first-order chi connectivity index (χ1) is 18.8. The molecule has 39 heavy (non-hydrogen) atoms. The number of carbonyl (C=O) groups excluding carboxylic acids is 1. The third-order valence-corrected chi connectivity index (χ3v) is 8.76. The summed E-state index contributed by atoms with van der Waals surface area (Å²) >= 11 is 0. The minimum atomic E-state index is -1.50. The number of hydrogen-bond donors (Lipinski definition) is 2. The fourth-order valence-electron chi connectivity index (χ4n) is 4.89. The second-order valence-corrected chi connectivity index (χ2v) is 11.5. The number of aliphatic hydroxyl groups excluding tert-OH is 1. The minimum Gasteiger partial charge on any atom is -0.393 e. The molecule has 11 nitrogen and oxygen atoms in total. The number of amides is 1. The molecular weight excluding hydrogens is 517 g/mol. The Bertz CT molecular complexity index is 1270. The molecular formula is C27H36N7O4P. The molecule has 1 aliphatic rings. The van der Waals surface area contributed by atoms with Crippen LogP contribution in [0.4, 0.5) is 5.82 Å². The molecule has 2 aromatic heterocycles. The second kappa shape index (κ2) is 13.4. The van der Waals surface area contributed by atoms with Gasteiger partial charge in [0.1, 0.15) is 6.33 Å². The highest BCUT2D eigenvalue weighted by Crippen LogP contribution is 2.50. The number of aromatic nitrogens is 4. The molecule has 1 saturated carbocycles. The van der Waals surface area contributed by atoms with E-state index in [9.17, 15) is 9.90 Å². The molecule has 4 atom stereocenters. The summed E-state index contributed by atoms with van der Waals surface area (Å²) in [7, 11) is -1.50. The van der Waals surface area contributed by atoms with Crippen molar-refractivity contribution in [3.8, 4) is 6.07 Å². The molecule has 1 unspecified atom stereocenters. The number of anilines is 1. The summed E-state index contributed by atoms with van der Waals surface area (Å²) in [6.45, 7) is 8.62. The van der Waals surface area contributed by atoms with Gasteiger partial charge in [-0.3, -0.25) is 4.79 Å². The van der Waals surface area contributed by atoms with E-state index in [1.165, 1.54) is 6.33 Å². The lowest BCUT2D eigenvalue weighted by Gasteiger charge is -2.41. The van der Waals surface area contributed by atoms with Gasteiger partial charge < -0.3 is 24.0 Å². The Hall–Kier alpha value is -3.00. The molecule has 0 aliphatic heterocycles. The average molecular weight is 554 g/mol. The Morgan fingerprint density at radius 3 is 2.64 bits per heavy atom. The van der Waals surface area contributed by atoms with Crippen molar-refractivity contribution in [2.75, 3.05) is 11.9 Å². The predicted molar refractivity (Wildman–Crippen MR) is 149 cm³/mol. The van der Waals surface area contributed by atoms with Crippen LogP contribution < -0.4 is 5.32 Å². The number of nitriles is 1. The van der Waals surface area contributed by atoms with Gasteiger partial charge in [-0.25, -0.2) is 19.6 Å². The molecule has 0 bridgehead atoms. The zero-order chi connectivity index (χ0) is 27.9. The standard InChI is InChI=1S/C27H36N7O4P/c1-18(2)34(19(3)4)39(37-14-8-13-28)38-23-15-21(35)11-12-22(23)33-17-31-24-25(29-16-30-26(24)33)32-27(36)20-9-6-5-7-10-20/h5-7,9-10,16-19,21-23,35H,8,11-12,14-15H2,1-4H3,(H,29,30,32,36)/t21-,22-,23-,39?/m0/s1. The molecule has 1 fully saturated rings. The predicted octanol–water partition coefficient (Wildman–Crippen LogP) is 4.83. The fraction of sp³-hybridized carbons (Fsp3) is 0.519. The molecule has 1 aliphatic carbocycles. The van der Waals surface area contributed by atoms with Crippen LogP contribution in [0.5, 0.6) is 0 Å². The van der Waals surface area contributed by atoms with Gasteiger partial charge in [0.25, 0.3) is 14.4 Å². The monoisotopic (exact) mass is 553 g/mol. The van der Waals surface area contributed by atoms with Gasteiger partial charge in [0.15, 0.2) is 17.0 Å². The van der Waals surface area contributed by atoms with Gasteiger partial charge in [-0.2, -0.15) is 5.26 Å². The molecule has 12 heteroatoms. The van der Waals surface area contributed by atoms with E-state index >= 15 is 0 Å². The molecule has 1 aromatic carbocycles. The largest absolute Gasteiger partial charge is 0.393 e. The summed E-state index contributed by atoms with van der Waals surface area (Å²) < 4.78 is 16.9. The minimum absolute atomic E-state index is 0.155. The van der Waals surface area contributed by atoms with Crippen LogP contribution >= 0.6 is 8.53 Å². The molecule has 2 heterocycles. The number of carbonyl (C=O) groups is 1. The lowest BCUT2D eigenvalue weighted by atomic mass is 9.90. The SMILES string of the molecule is CC(C)N(C(C)C)P(OCCC#N)O[C@H]1C[C@@H](O)CC[C@@H]1n1cnc2c(NC(=O)c3ccccc3)ncnc21. The molecule has 208 valence electrons. The molecule has 0 radical (unpaired) electrons. The summed E-state index contributed by atoms with van der Waals surface area (Å²) in [5.74, 6) is 0.0450. The quantitative estimate of drug-likeness (QED) is 0.253. The lowest BCUT2D eigenvalue weighted by molar-refractivity contribution is 0.0109. The van der Waals surface area contributed by atoms with Crippen LogP contribution in [0.15, 0.2) is 43.0 Å². The van der Waals surface area contributed by atoms with Gasteiger partial charge in [-0.05, 0) is 52.7 Å². The molecule has 4 rings (SSSR count). The van der Waals surface area contributed by atoms with Crippen molar-refractivity contribution in [3.63, 3.8) is 0 Å². The molecule has 0 spiro atoms. The van der Waals surface area contributed by atoms with Gasteiger partial charge in [0.2, 0.25) is 0 Å². The zero-order valence-electron chi connectivity index (χ0n) is 22.8. The van der Waals surface area contributed by atoms with E-state index in [0.717, 1.165) is 0 Å². The van der Waals surface area contributed by atoms with Gasteiger partial charge in [0.05, 0.1) is 43.7 Å². The van der Waals surface area contributed by atoms with Gasteiger partial charge >= 0.3 is 0 Å². The van der Waals surface area contributed by atoms with Crippen LogP contribution in [0.25, 0.3) is 11.2 Å². The van der Waals surface area contributed by atoms with Crippen molar-refractivity contribution < 1.29 is 18.9 Å². The Morgan fingerprint density at radius 2 is 1.95 bits per heavy atom. The first-order valence-electron chi connectivity index (χ1n) is 13.3. The van der Waals surface area contributed by atoms with Crippen LogP contribution in [0.3, 0.4) is 0 Å². The zero-order valence-corrected chi connectivity index (χ0v) is 23.7. The third-order valence-electron chi connectivity index (χ3n) is 6.60. The number of aliphatic hydroxyl groups is 1. The first-order valence-corrected chi connectivity index (χ1v) is 14.4. The normalized spacial score (nSPS) is 20.4. The maximum absolute atomic E-state index is 12.8. The number of benzene rings is 1. The van der Waals surface area contributed by atoms with Crippen molar-refractivity contribution in [1.82, 2.24) is 24.2 Å². The Morgan fingerprint density at radius 1 is 1.21 bits per heavy atom. The topological polar surface area (TPSA) is 138 Å². The Labute approximate surface area is 230 Å². The highest BCUT2D eigenvalue weighted by Gasteiger charge is 2.38. The summed E-state index contributed by atoms with van der Waals surface area (Å²) in [6.07, 6.45) is 4.18. The lowest BCUT2D eigenvalue weighted by Crippen LogP contribution is -2.39. The van der Waals surface area contributed by atoms with E-state index in [-0.39, 0.29) is 43.2 Å². The number of nitrogens with zero attached hydrogens (tertiary/aromatic N) is 6. The highest BCUT2D eigenvalue weighted by molar-refractivity contribution is 7.44. The van der Waals surface area contributed by atoms with E-state index in [1.54, 1.807) is 30.6 Å².